The Kier molecular flexibility index (Phi) is 4.44. The van der Waals surface area contributed by atoms with Gasteiger partial charge in [-0.15, -0.1) is 23.1 Å². The molecule has 1 heterocycles. The summed E-state index contributed by atoms with van der Waals surface area (Å²) >= 11 is 8.82. The summed E-state index contributed by atoms with van der Waals surface area (Å²) < 4.78 is 0.869. The quantitative estimate of drug-likeness (QED) is 0.824. The number of nitrogens with zero attached hydrogens (tertiary/aromatic N) is 1. The molecule has 112 valence electrons. The standard InChI is InChI=1S/C16H13ClN2OS2/c1-21-16-12(8-18)13(9-2-4-10(17)5-3-9)14(22-16)15(20)19-11-6-7-11/h2-5,11H,6-7H2,1H3,(H,19,20). The lowest BCUT2D eigenvalue weighted by atomic mass is 10.0. The van der Waals surface area contributed by atoms with Crippen LogP contribution in [0.3, 0.4) is 0 Å². The molecular weight excluding hydrogens is 336 g/mol. The number of nitrogens with one attached hydrogen (secondary N) is 1. The molecule has 3 rings (SSSR count). The van der Waals surface area contributed by atoms with Gasteiger partial charge >= 0.3 is 0 Å². The molecule has 0 bridgehead atoms. The predicted molar refractivity (Wildman–Crippen MR) is 91.7 cm³/mol. The summed E-state index contributed by atoms with van der Waals surface area (Å²) in [6, 6.07) is 9.79. The summed E-state index contributed by atoms with van der Waals surface area (Å²) in [5.74, 6) is -0.0887. The SMILES string of the molecule is CSc1sc(C(=O)NC2CC2)c(-c2ccc(Cl)cc2)c1C#N. The number of thiophene rings is 1. The van der Waals surface area contributed by atoms with E-state index < -0.39 is 0 Å². The number of amides is 1. The number of benzene rings is 1. The van der Waals surface area contributed by atoms with E-state index in [0.29, 0.717) is 21.0 Å². The van der Waals surface area contributed by atoms with Gasteiger partial charge in [-0.25, -0.2) is 0 Å². The van der Waals surface area contributed by atoms with E-state index in [9.17, 15) is 10.1 Å². The highest BCUT2D eigenvalue weighted by molar-refractivity contribution is 8.00. The Morgan fingerprint density at radius 2 is 2.09 bits per heavy atom. The van der Waals surface area contributed by atoms with Crippen LogP contribution in [0.5, 0.6) is 0 Å². The molecule has 1 fully saturated rings. The van der Waals surface area contributed by atoms with Gasteiger partial charge in [0.15, 0.2) is 0 Å². The fourth-order valence-electron chi connectivity index (χ4n) is 2.19. The molecule has 6 heteroatoms. The summed E-state index contributed by atoms with van der Waals surface area (Å²) in [5, 5.41) is 13.2. The van der Waals surface area contributed by atoms with Crippen LogP contribution in [-0.2, 0) is 0 Å². The molecule has 0 saturated heterocycles. The van der Waals surface area contributed by atoms with Gasteiger partial charge in [-0.2, -0.15) is 5.26 Å². The van der Waals surface area contributed by atoms with Gasteiger partial charge in [-0.3, -0.25) is 4.79 Å². The third-order valence-corrected chi connectivity index (χ3v) is 5.98. The molecule has 0 radical (unpaired) electrons. The summed E-state index contributed by atoms with van der Waals surface area (Å²) in [4.78, 5) is 13.1. The van der Waals surface area contributed by atoms with Gasteiger partial charge in [-0.1, -0.05) is 23.7 Å². The number of halogens is 1. The average Bonchev–Trinajstić information content (AvgIpc) is 3.25. The second-order valence-electron chi connectivity index (χ2n) is 5.04. The van der Waals surface area contributed by atoms with Gasteiger partial charge in [0.25, 0.3) is 5.91 Å². The molecule has 0 spiro atoms. The van der Waals surface area contributed by atoms with E-state index in [1.807, 2.05) is 18.4 Å². The Bertz CT molecular complexity index is 758. The monoisotopic (exact) mass is 348 g/mol. The maximum absolute atomic E-state index is 12.5. The minimum Gasteiger partial charge on any atom is -0.349 e. The largest absolute Gasteiger partial charge is 0.349 e. The van der Waals surface area contributed by atoms with E-state index in [4.69, 9.17) is 11.6 Å². The zero-order valence-electron chi connectivity index (χ0n) is 11.9. The number of carbonyl (C=O) groups excluding carboxylic acids is 1. The van der Waals surface area contributed by atoms with Gasteiger partial charge in [0.1, 0.15) is 10.9 Å². The zero-order chi connectivity index (χ0) is 15.7. The molecule has 22 heavy (non-hydrogen) atoms. The number of rotatable bonds is 4. The predicted octanol–water partition coefficient (Wildman–Crippen LogP) is 4.55. The van der Waals surface area contributed by atoms with Crippen molar-refractivity contribution in [2.45, 2.75) is 23.1 Å². The van der Waals surface area contributed by atoms with Crippen LogP contribution in [0.2, 0.25) is 5.02 Å². The summed E-state index contributed by atoms with van der Waals surface area (Å²) in [7, 11) is 0. The second kappa shape index (κ2) is 6.33. The summed E-state index contributed by atoms with van der Waals surface area (Å²) in [5.41, 5.74) is 2.13. The molecule has 0 atom stereocenters. The molecule has 2 aromatic rings. The molecule has 1 amide bonds. The number of hydrogen-bond acceptors (Lipinski definition) is 4. The molecule has 1 aliphatic carbocycles. The molecule has 1 saturated carbocycles. The first-order chi connectivity index (χ1) is 10.6. The fraction of sp³-hybridized carbons (Fsp3) is 0.250. The molecule has 1 aromatic carbocycles. The summed E-state index contributed by atoms with van der Waals surface area (Å²) in [6.07, 6.45) is 3.99. The molecule has 1 aliphatic rings. The topological polar surface area (TPSA) is 52.9 Å². The van der Waals surface area contributed by atoms with Gasteiger partial charge < -0.3 is 5.32 Å². The van der Waals surface area contributed by atoms with E-state index in [1.54, 1.807) is 12.1 Å². The van der Waals surface area contributed by atoms with Crippen molar-refractivity contribution in [1.82, 2.24) is 5.32 Å². The number of carbonyl (C=O) groups is 1. The highest BCUT2D eigenvalue weighted by Crippen LogP contribution is 2.41. The van der Waals surface area contributed by atoms with Crippen LogP contribution in [-0.4, -0.2) is 18.2 Å². The Hall–Kier alpha value is -1.48. The third-order valence-electron chi connectivity index (χ3n) is 3.42. The normalized spacial score (nSPS) is 13.7. The number of hydrogen-bond donors (Lipinski definition) is 1. The Morgan fingerprint density at radius 3 is 2.64 bits per heavy atom. The van der Waals surface area contributed by atoms with Crippen LogP contribution in [0.1, 0.15) is 28.1 Å². The smallest absolute Gasteiger partial charge is 0.262 e. The number of thioether (sulfide) groups is 1. The lowest BCUT2D eigenvalue weighted by Gasteiger charge is -2.06. The minimum absolute atomic E-state index is 0.0887. The van der Waals surface area contributed by atoms with E-state index in [1.165, 1.54) is 23.1 Å². The van der Waals surface area contributed by atoms with Crippen LogP contribution < -0.4 is 5.32 Å². The average molecular weight is 349 g/mol. The van der Waals surface area contributed by atoms with Crippen LogP contribution in [0.25, 0.3) is 11.1 Å². The second-order valence-corrected chi connectivity index (χ2v) is 7.57. The molecule has 1 aromatic heterocycles. The van der Waals surface area contributed by atoms with E-state index >= 15 is 0 Å². The highest BCUT2D eigenvalue weighted by Gasteiger charge is 2.28. The van der Waals surface area contributed by atoms with Crippen molar-refractivity contribution in [3.05, 3.63) is 39.7 Å². The van der Waals surface area contributed by atoms with Crippen LogP contribution >= 0.6 is 34.7 Å². The van der Waals surface area contributed by atoms with Crippen molar-refractivity contribution in [1.29, 1.82) is 5.26 Å². The first-order valence-electron chi connectivity index (χ1n) is 6.81. The fourth-order valence-corrected chi connectivity index (χ4v) is 4.16. The first kappa shape index (κ1) is 15.4. The van der Waals surface area contributed by atoms with Crippen molar-refractivity contribution in [2.24, 2.45) is 0 Å². The van der Waals surface area contributed by atoms with Crippen LogP contribution in [0, 0.1) is 11.3 Å². The molecule has 1 N–H and O–H groups in total. The third kappa shape index (κ3) is 3.00. The lowest BCUT2D eigenvalue weighted by Crippen LogP contribution is -2.24. The van der Waals surface area contributed by atoms with E-state index in [0.717, 1.165) is 22.6 Å². The van der Waals surface area contributed by atoms with Crippen molar-refractivity contribution < 1.29 is 4.79 Å². The Morgan fingerprint density at radius 1 is 1.41 bits per heavy atom. The molecule has 0 unspecified atom stereocenters. The zero-order valence-corrected chi connectivity index (χ0v) is 14.2. The van der Waals surface area contributed by atoms with Crippen molar-refractivity contribution in [3.63, 3.8) is 0 Å². The van der Waals surface area contributed by atoms with Gasteiger partial charge in [-0.05, 0) is 36.8 Å². The van der Waals surface area contributed by atoms with Crippen molar-refractivity contribution >= 4 is 40.6 Å². The highest BCUT2D eigenvalue weighted by atomic mass is 35.5. The van der Waals surface area contributed by atoms with Crippen LogP contribution in [0.15, 0.2) is 28.5 Å². The first-order valence-corrected chi connectivity index (χ1v) is 9.23. The minimum atomic E-state index is -0.0887. The summed E-state index contributed by atoms with van der Waals surface area (Å²) in [6.45, 7) is 0. The lowest BCUT2D eigenvalue weighted by molar-refractivity contribution is 0.0955. The van der Waals surface area contributed by atoms with Gasteiger partial charge in [0, 0.05) is 16.6 Å². The van der Waals surface area contributed by atoms with Gasteiger partial charge in [0.05, 0.1) is 9.77 Å². The van der Waals surface area contributed by atoms with E-state index in [-0.39, 0.29) is 11.9 Å². The van der Waals surface area contributed by atoms with Gasteiger partial charge in [0.2, 0.25) is 0 Å². The molecule has 3 nitrogen and oxygen atoms in total. The van der Waals surface area contributed by atoms with Crippen LogP contribution in [0.4, 0.5) is 0 Å². The number of nitriles is 1. The van der Waals surface area contributed by atoms with Crippen molar-refractivity contribution in [3.8, 4) is 17.2 Å². The maximum atomic E-state index is 12.5. The maximum Gasteiger partial charge on any atom is 0.262 e. The molecular formula is C16H13ClN2OS2. The molecule has 0 aliphatic heterocycles. The Labute approximate surface area is 142 Å². The van der Waals surface area contributed by atoms with E-state index in [2.05, 4.69) is 11.4 Å². The van der Waals surface area contributed by atoms with Crippen molar-refractivity contribution in [2.75, 3.05) is 6.26 Å². The Balaban J connectivity index is 2.11.